The summed E-state index contributed by atoms with van der Waals surface area (Å²) < 4.78 is 11.4. The number of nitrogens with zero attached hydrogens (tertiary/aromatic N) is 1. The van der Waals surface area contributed by atoms with Gasteiger partial charge >= 0.3 is 5.97 Å². The minimum atomic E-state index is -0.332. The van der Waals surface area contributed by atoms with Crippen molar-refractivity contribution in [2.24, 2.45) is 0 Å². The summed E-state index contributed by atoms with van der Waals surface area (Å²) >= 11 is 1.59. The summed E-state index contributed by atoms with van der Waals surface area (Å²) in [6.45, 7) is 4.39. The molecule has 3 aromatic carbocycles. The third-order valence-electron chi connectivity index (χ3n) is 7.65. The predicted molar refractivity (Wildman–Crippen MR) is 151 cm³/mol. The highest BCUT2D eigenvalue weighted by molar-refractivity contribution is 7.98. The normalized spacial score (nSPS) is 20.4. The zero-order chi connectivity index (χ0) is 26.6. The van der Waals surface area contributed by atoms with E-state index in [0.29, 0.717) is 17.2 Å². The van der Waals surface area contributed by atoms with Gasteiger partial charge in [0.2, 0.25) is 0 Å². The van der Waals surface area contributed by atoms with E-state index < -0.39 is 0 Å². The zero-order valence-corrected chi connectivity index (χ0v) is 23.1. The van der Waals surface area contributed by atoms with Crippen LogP contribution in [0.4, 0.5) is 0 Å². The highest BCUT2D eigenvalue weighted by Gasteiger charge is 2.44. The van der Waals surface area contributed by atoms with E-state index in [1.807, 2.05) is 48.5 Å². The monoisotopic (exact) mass is 529 g/mol. The average Bonchev–Trinajstić information content (AvgIpc) is 3.21. The summed E-state index contributed by atoms with van der Waals surface area (Å²) in [5, 5.41) is 0. The number of amides is 1. The van der Waals surface area contributed by atoms with E-state index in [9.17, 15) is 9.59 Å². The Kier molecular flexibility index (Phi) is 8.08. The fraction of sp³-hybridized carbons (Fsp3) is 0.375. The number of rotatable bonds is 8. The van der Waals surface area contributed by atoms with Gasteiger partial charge in [-0.05, 0) is 60.2 Å². The van der Waals surface area contributed by atoms with Crippen LogP contribution in [-0.4, -0.2) is 42.1 Å². The van der Waals surface area contributed by atoms with Crippen LogP contribution in [0.3, 0.4) is 0 Å². The third kappa shape index (κ3) is 5.60. The molecule has 0 aromatic heterocycles. The number of para-hydroxylation sites is 1. The first kappa shape index (κ1) is 26.4. The lowest BCUT2D eigenvalue weighted by Crippen LogP contribution is -2.49. The molecule has 2 heterocycles. The van der Waals surface area contributed by atoms with Crippen molar-refractivity contribution in [1.82, 2.24) is 4.90 Å². The lowest BCUT2D eigenvalue weighted by Gasteiger charge is -2.39. The summed E-state index contributed by atoms with van der Waals surface area (Å²) in [6.07, 6.45) is 3.97. The van der Waals surface area contributed by atoms with Gasteiger partial charge in [-0.1, -0.05) is 56.3 Å². The van der Waals surface area contributed by atoms with Gasteiger partial charge in [0.25, 0.3) is 5.91 Å². The van der Waals surface area contributed by atoms with Crippen molar-refractivity contribution in [3.05, 3.63) is 95.1 Å². The Labute approximate surface area is 229 Å². The maximum absolute atomic E-state index is 13.5. The molecule has 0 aliphatic carbocycles. The summed E-state index contributed by atoms with van der Waals surface area (Å²) in [5.41, 5.74) is 3.65. The van der Waals surface area contributed by atoms with Crippen molar-refractivity contribution >= 4 is 23.6 Å². The highest BCUT2D eigenvalue weighted by Crippen LogP contribution is 2.39. The van der Waals surface area contributed by atoms with E-state index in [1.165, 1.54) is 12.7 Å². The number of carbonyl (C=O) groups excluding carboxylic acids is 2. The molecule has 5 nitrogen and oxygen atoms in total. The first-order valence-electron chi connectivity index (χ1n) is 13.4. The first-order chi connectivity index (χ1) is 18.4. The molecule has 0 spiro atoms. The SMILES string of the molecule is COC(=O)c1ccccc1SCc1ccc(C(=O)N2C3CCC2CC(Oc2ccccc2C(C)C)C3)cc1. The topological polar surface area (TPSA) is 55.8 Å². The number of ether oxygens (including phenoxy) is 2. The van der Waals surface area contributed by atoms with Gasteiger partial charge in [-0.3, -0.25) is 4.79 Å². The van der Waals surface area contributed by atoms with Gasteiger partial charge in [0, 0.05) is 41.1 Å². The number of carbonyl (C=O) groups is 2. The molecule has 2 fully saturated rings. The molecule has 2 aliphatic heterocycles. The second kappa shape index (κ2) is 11.6. The molecule has 2 saturated heterocycles. The molecule has 6 heteroatoms. The average molecular weight is 530 g/mol. The fourth-order valence-corrected chi connectivity index (χ4v) is 6.72. The Morgan fingerprint density at radius 1 is 0.921 bits per heavy atom. The number of piperidine rings is 1. The maximum atomic E-state index is 13.5. The van der Waals surface area contributed by atoms with Crippen LogP contribution in [0.1, 0.15) is 77.3 Å². The van der Waals surface area contributed by atoms with Gasteiger partial charge in [0.05, 0.1) is 12.7 Å². The molecule has 38 heavy (non-hydrogen) atoms. The number of fused-ring (bicyclic) bond motifs is 2. The Morgan fingerprint density at radius 3 is 2.26 bits per heavy atom. The largest absolute Gasteiger partial charge is 0.490 e. The molecule has 2 bridgehead atoms. The lowest BCUT2D eigenvalue weighted by atomic mass is 9.97. The van der Waals surface area contributed by atoms with Crippen molar-refractivity contribution in [2.75, 3.05) is 7.11 Å². The molecular formula is C32H35NO4S. The zero-order valence-electron chi connectivity index (χ0n) is 22.3. The molecule has 0 N–H and O–H groups in total. The van der Waals surface area contributed by atoms with E-state index in [1.54, 1.807) is 17.8 Å². The smallest absolute Gasteiger partial charge is 0.338 e. The number of thioether (sulfide) groups is 1. The maximum Gasteiger partial charge on any atom is 0.338 e. The van der Waals surface area contributed by atoms with Crippen molar-refractivity contribution in [1.29, 1.82) is 0 Å². The van der Waals surface area contributed by atoms with Crippen molar-refractivity contribution in [3.63, 3.8) is 0 Å². The molecule has 2 aliphatic rings. The Morgan fingerprint density at radius 2 is 1.58 bits per heavy atom. The van der Waals surface area contributed by atoms with Crippen LogP contribution >= 0.6 is 11.8 Å². The van der Waals surface area contributed by atoms with E-state index in [-0.39, 0.29) is 30.1 Å². The van der Waals surface area contributed by atoms with E-state index in [0.717, 1.165) is 47.5 Å². The van der Waals surface area contributed by atoms with Gasteiger partial charge in [-0.15, -0.1) is 11.8 Å². The number of benzene rings is 3. The number of hydrogen-bond donors (Lipinski definition) is 0. The molecular weight excluding hydrogens is 494 g/mol. The van der Waals surface area contributed by atoms with Gasteiger partial charge < -0.3 is 14.4 Å². The fourth-order valence-electron chi connectivity index (χ4n) is 5.72. The van der Waals surface area contributed by atoms with Crippen LogP contribution in [-0.2, 0) is 10.5 Å². The first-order valence-corrected chi connectivity index (χ1v) is 14.4. The van der Waals surface area contributed by atoms with Crippen LogP contribution in [0.25, 0.3) is 0 Å². The Bertz CT molecular complexity index is 1270. The van der Waals surface area contributed by atoms with Gasteiger partial charge in [0.1, 0.15) is 11.9 Å². The van der Waals surface area contributed by atoms with Crippen LogP contribution < -0.4 is 4.74 Å². The van der Waals surface area contributed by atoms with E-state index in [4.69, 9.17) is 9.47 Å². The summed E-state index contributed by atoms with van der Waals surface area (Å²) in [7, 11) is 1.40. The summed E-state index contributed by atoms with van der Waals surface area (Å²) in [6, 6.07) is 24.1. The van der Waals surface area contributed by atoms with Crippen molar-refractivity contribution < 1.29 is 19.1 Å². The quantitative estimate of drug-likeness (QED) is 0.230. The second-order valence-corrected chi connectivity index (χ2v) is 11.5. The van der Waals surface area contributed by atoms with E-state index in [2.05, 4.69) is 36.9 Å². The Hall–Kier alpha value is -3.25. The number of hydrogen-bond acceptors (Lipinski definition) is 5. The van der Waals surface area contributed by atoms with Crippen molar-refractivity contribution in [3.8, 4) is 5.75 Å². The van der Waals surface area contributed by atoms with Crippen LogP contribution in [0.5, 0.6) is 5.75 Å². The van der Waals surface area contributed by atoms with Crippen molar-refractivity contribution in [2.45, 2.75) is 74.3 Å². The molecule has 0 radical (unpaired) electrons. The molecule has 3 aromatic rings. The minimum absolute atomic E-state index is 0.119. The van der Waals surface area contributed by atoms with Gasteiger partial charge in [-0.25, -0.2) is 4.79 Å². The third-order valence-corrected chi connectivity index (χ3v) is 8.79. The summed E-state index contributed by atoms with van der Waals surface area (Å²) in [4.78, 5) is 28.6. The van der Waals surface area contributed by atoms with Gasteiger partial charge in [0.15, 0.2) is 0 Å². The summed E-state index contributed by atoms with van der Waals surface area (Å²) in [5.74, 6) is 1.88. The number of methoxy groups -OCH3 is 1. The predicted octanol–water partition coefficient (Wildman–Crippen LogP) is 7.10. The lowest BCUT2D eigenvalue weighted by molar-refractivity contribution is 0.0356. The molecule has 1 amide bonds. The van der Waals surface area contributed by atoms with Gasteiger partial charge in [-0.2, -0.15) is 0 Å². The standard InChI is InChI=1S/C32H35NO4S/c1-21(2)27-8-4-6-10-29(27)37-26-18-24-16-17-25(19-26)33(24)31(34)23-14-12-22(13-15-23)20-38-30-11-7-5-9-28(30)32(35)36-3/h4-15,21,24-26H,16-20H2,1-3H3. The molecule has 2 atom stereocenters. The Balaban J connectivity index is 1.21. The molecule has 5 rings (SSSR count). The molecule has 198 valence electrons. The molecule has 2 unspecified atom stereocenters. The minimum Gasteiger partial charge on any atom is -0.490 e. The van der Waals surface area contributed by atoms with Crippen LogP contribution in [0.2, 0.25) is 0 Å². The van der Waals surface area contributed by atoms with E-state index >= 15 is 0 Å². The van der Waals surface area contributed by atoms with Crippen LogP contribution in [0, 0.1) is 0 Å². The second-order valence-electron chi connectivity index (χ2n) is 10.5. The number of esters is 1. The molecule has 0 saturated carbocycles. The van der Waals surface area contributed by atoms with Crippen LogP contribution in [0.15, 0.2) is 77.7 Å². The highest BCUT2D eigenvalue weighted by atomic mass is 32.2.